The van der Waals surface area contributed by atoms with Crippen molar-refractivity contribution in [2.24, 2.45) is 0 Å². The summed E-state index contributed by atoms with van der Waals surface area (Å²) in [7, 11) is -12.9. The van der Waals surface area contributed by atoms with Crippen molar-refractivity contribution in [3.05, 3.63) is 145 Å². The summed E-state index contributed by atoms with van der Waals surface area (Å²) in [6.07, 6.45) is 3.00. The summed E-state index contributed by atoms with van der Waals surface area (Å²) < 4.78 is 89.1. The predicted octanol–water partition coefficient (Wildman–Crippen LogP) is 5.03. The van der Waals surface area contributed by atoms with Crippen LogP contribution in [0.3, 0.4) is 0 Å². The van der Waals surface area contributed by atoms with E-state index in [0.717, 1.165) is 8.61 Å². The van der Waals surface area contributed by atoms with Crippen LogP contribution in [0.2, 0.25) is 0 Å². The molecule has 6 aromatic rings. The second-order valence-electron chi connectivity index (χ2n) is 11.9. The molecule has 1 saturated heterocycles. The first-order valence-electron chi connectivity index (χ1n) is 15.5. The molecule has 0 saturated carbocycles. The first-order chi connectivity index (χ1) is 23.5. The Balaban J connectivity index is 1.43. The second kappa shape index (κ2) is 13.1. The van der Waals surface area contributed by atoms with E-state index in [-0.39, 0.29) is 33.9 Å². The van der Waals surface area contributed by atoms with E-state index in [1.807, 2.05) is 0 Å². The molecule has 0 unspecified atom stereocenters. The number of benzene rings is 4. The second-order valence-corrected chi connectivity index (χ2v) is 17.8. The van der Waals surface area contributed by atoms with E-state index in [0.29, 0.717) is 21.9 Å². The lowest BCUT2D eigenvalue weighted by molar-refractivity contribution is 0.219. The van der Waals surface area contributed by atoms with Gasteiger partial charge < -0.3 is 0 Å². The molecule has 0 bridgehead atoms. The number of aromatic nitrogens is 2. The van der Waals surface area contributed by atoms with Gasteiger partial charge in [-0.2, -0.15) is 8.61 Å². The number of sulfone groups is 1. The number of hydrogen-bond acceptors (Lipinski definition) is 8. The van der Waals surface area contributed by atoms with Crippen molar-refractivity contribution in [3.63, 3.8) is 0 Å². The van der Waals surface area contributed by atoms with Crippen molar-refractivity contribution in [2.75, 3.05) is 11.5 Å². The molecule has 3 heterocycles. The van der Waals surface area contributed by atoms with Crippen LogP contribution in [0.1, 0.15) is 11.1 Å². The van der Waals surface area contributed by atoms with Crippen LogP contribution >= 0.6 is 0 Å². The van der Waals surface area contributed by atoms with Crippen LogP contribution in [0.25, 0.3) is 21.8 Å². The van der Waals surface area contributed by atoms with Gasteiger partial charge in [0.05, 0.1) is 34.6 Å². The minimum Gasteiger partial charge on any atom is -0.255 e. The highest BCUT2D eigenvalue weighted by molar-refractivity contribution is 7.92. The molecule has 7 rings (SSSR count). The minimum atomic E-state index is -4.47. The topological polar surface area (TPSA) is 135 Å². The first kappa shape index (κ1) is 33.0. The van der Waals surface area contributed by atoms with Gasteiger partial charge in [0.2, 0.25) is 20.0 Å². The highest BCUT2D eigenvalue weighted by Crippen LogP contribution is 2.36. The van der Waals surface area contributed by atoms with E-state index < -0.39 is 53.5 Å². The van der Waals surface area contributed by atoms with E-state index in [1.54, 1.807) is 109 Å². The zero-order valence-electron chi connectivity index (χ0n) is 26.1. The van der Waals surface area contributed by atoms with Crippen molar-refractivity contribution in [2.45, 2.75) is 35.0 Å². The molecule has 13 heteroatoms. The van der Waals surface area contributed by atoms with E-state index in [9.17, 15) is 25.3 Å². The van der Waals surface area contributed by atoms with Crippen molar-refractivity contribution < 1.29 is 25.3 Å². The molecular formula is C36H32N4O6S3. The zero-order chi connectivity index (χ0) is 34.2. The number of fused-ring (bicyclic) bond motifs is 2. The fraction of sp³-hybridized carbons (Fsp3) is 0.167. The molecule has 1 aliphatic rings. The quantitative estimate of drug-likeness (QED) is 0.193. The van der Waals surface area contributed by atoms with Gasteiger partial charge in [0.15, 0.2) is 9.84 Å². The Hall–Kier alpha value is -4.53. The molecule has 0 aliphatic carbocycles. The molecule has 10 nitrogen and oxygen atoms in total. The number of sulfonamides is 2. The standard InChI is InChI=1S/C36H32N4O6S3/c41-47(42)25-31(39(23-27-11-3-1-4-12-27)48(43,44)33-19-7-15-29-17-9-21-37-35(29)33)32(26-47)40(24-28-13-5-2-6-14-28)49(45,46)34-20-8-16-30-18-10-22-38-36(30)34/h1-22,31-32H,23-26H2/t31-,32+. The monoisotopic (exact) mass is 712 g/mol. The van der Waals surface area contributed by atoms with Crippen molar-refractivity contribution >= 4 is 51.7 Å². The van der Waals surface area contributed by atoms with Crippen LogP contribution < -0.4 is 0 Å². The number of pyridine rings is 2. The molecule has 1 aliphatic heterocycles. The Kier molecular flexibility index (Phi) is 8.80. The molecule has 0 radical (unpaired) electrons. The summed E-state index contributed by atoms with van der Waals surface area (Å²) in [4.78, 5) is 8.55. The lowest BCUT2D eigenvalue weighted by Gasteiger charge is -2.37. The molecule has 2 aromatic heterocycles. The lowest BCUT2D eigenvalue weighted by atomic mass is 10.1. The third-order valence-electron chi connectivity index (χ3n) is 8.76. The van der Waals surface area contributed by atoms with Crippen molar-refractivity contribution in [3.8, 4) is 0 Å². The summed E-state index contributed by atoms with van der Waals surface area (Å²) in [5, 5.41) is 1.19. The van der Waals surface area contributed by atoms with Gasteiger partial charge in [0.25, 0.3) is 0 Å². The van der Waals surface area contributed by atoms with Gasteiger partial charge >= 0.3 is 0 Å². The number of rotatable bonds is 10. The van der Waals surface area contributed by atoms with Gasteiger partial charge in [0, 0.05) is 36.3 Å². The van der Waals surface area contributed by atoms with Gasteiger partial charge in [-0.15, -0.1) is 0 Å². The average molecular weight is 713 g/mol. The van der Waals surface area contributed by atoms with Crippen LogP contribution in [0, 0.1) is 0 Å². The van der Waals surface area contributed by atoms with Gasteiger partial charge in [-0.05, 0) is 35.4 Å². The molecule has 1 fully saturated rings. The highest BCUT2D eigenvalue weighted by Gasteiger charge is 2.51. The summed E-state index contributed by atoms with van der Waals surface area (Å²) in [5.74, 6) is -1.15. The first-order valence-corrected chi connectivity index (χ1v) is 20.2. The van der Waals surface area contributed by atoms with Crippen molar-refractivity contribution in [1.82, 2.24) is 18.6 Å². The van der Waals surface area contributed by atoms with Crippen LogP contribution in [-0.4, -0.2) is 67.4 Å². The minimum absolute atomic E-state index is 0.0969. The SMILES string of the molecule is O=S1(=O)C[C@@H](N(Cc2ccccc2)S(=O)(=O)c2cccc3cccnc23)[C@@H](N(Cc2ccccc2)S(=O)(=O)c2cccc3cccnc23)C1. The fourth-order valence-corrected chi connectivity index (χ4v) is 12.3. The summed E-state index contributed by atoms with van der Waals surface area (Å²) >= 11 is 0. The molecule has 49 heavy (non-hydrogen) atoms. The Bertz CT molecular complexity index is 2300. The average Bonchev–Trinajstić information content (AvgIpc) is 3.43. The highest BCUT2D eigenvalue weighted by atomic mass is 32.2. The van der Waals surface area contributed by atoms with Gasteiger partial charge in [0.1, 0.15) is 9.79 Å². The molecule has 4 aromatic carbocycles. The van der Waals surface area contributed by atoms with E-state index >= 15 is 0 Å². The molecule has 2 atom stereocenters. The maximum atomic E-state index is 14.9. The lowest BCUT2D eigenvalue weighted by Crippen LogP contribution is -2.54. The molecule has 250 valence electrons. The third kappa shape index (κ3) is 6.47. The zero-order valence-corrected chi connectivity index (χ0v) is 28.6. The number of hydrogen-bond donors (Lipinski definition) is 0. The van der Waals surface area contributed by atoms with E-state index in [2.05, 4.69) is 9.97 Å². The van der Waals surface area contributed by atoms with Crippen LogP contribution in [0.5, 0.6) is 0 Å². The number of nitrogens with zero attached hydrogens (tertiary/aromatic N) is 4. The van der Waals surface area contributed by atoms with Crippen molar-refractivity contribution in [1.29, 1.82) is 0 Å². The third-order valence-corrected chi connectivity index (χ3v) is 14.3. The van der Waals surface area contributed by atoms with Crippen LogP contribution in [0.4, 0.5) is 0 Å². The van der Waals surface area contributed by atoms with Gasteiger partial charge in [-0.3, -0.25) is 9.97 Å². The predicted molar refractivity (Wildman–Crippen MR) is 188 cm³/mol. The molecule has 0 spiro atoms. The summed E-state index contributed by atoms with van der Waals surface area (Å²) in [6, 6.07) is 31.6. The number of para-hydroxylation sites is 2. The van der Waals surface area contributed by atoms with Crippen LogP contribution in [0.15, 0.2) is 144 Å². The largest absolute Gasteiger partial charge is 0.255 e. The van der Waals surface area contributed by atoms with E-state index in [1.165, 1.54) is 24.5 Å². The van der Waals surface area contributed by atoms with Crippen LogP contribution in [-0.2, 0) is 43.0 Å². The molecule has 0 N–H and O–H groups in total. The Morgan fingerprint density at radius 3 is 1.33 bits per heavy atom. The maximum Gasteiger partial charge on any atom is 0.245 e. The Labute approximate surface area is 285 Å². The summed E-state index contributed by atoms with van der Waals surface area (Å²) in [6.45, 7) is -0.393. The summed E-state index contributed by atoms with van der Waals surface area (Å²) in [5.41, 5.74) is 1.68. The molecule has 0 amide bonds. The van der Waals surface area contributed by atoms with E-state index in [4.69, 9.17) is 0 Å². The fourth-order valence-electron chi connectivity index (χ4n) is 6.47. The van der Waals surface area contributed by atoms with Gasteiger partial charge in [-0.1, -0.05) is 97.1 Å². The smallest absolute Gasteiger partial charge is 0.245 e. The Morgan fingerprint density at radius 1 is 0.531 bits per heavy atom. The Morgan fingerprint density at radius 2 is 0.918 bits per heavy atom. The van der Waals surface area contributed by atoms with Gasteiger partial charge in [-0.25, -0.2) is 25.3 Å². The normalized spacial score (nSPS) is 18.0. The molecular weight excluding hydrogens is 681 g/mol. The maximum absolute atomic E-state index is 14.9.